The molecular formula is C13H23N. The van der Waals surface area contributed by atoms with Crippen LogP contribution in [-0.4, -0.2) is 12.6 Å². The van der Waals surface area contributed by atoms with Crippen molar-refractivity contribution in [2.24, 2.45) is 11.8 Å². The monoisotopic (exact) mass is 193 g/mol. The number of hydrogen-bond donors (Lipinski definition) is 1. The standard InChI is InChI=1S/C13H23N/c1-2-9-14-13-8-7-11-5-3-4-6-12(11)10-13/h2,11-14H,1,3-10H2. The van der Waals surface area contributed by atoms with Gasteiger partial charge in [-0.15, -0.1) is 6.58 Å². The predicted octanol–water partition coefficient (Wildman–Crippen LogP) is 3.12. The summed E-state index contributed by atoms with van der Waals surface area (Å²) in [6, 6.07) is 0.785. The van der Waals surface area contributed by atoms with Crippen molar-refractivity contribution in [2.75, 3.05) is 6.54 Å². The highest BCUT2D eigenvalue weighted by molar-refractivity contribution is 4.87. The molecule has 2 aliphatic rings. The fourth-order valence-electron chi connectivity index (χ4n) is 3.31. The summed E-state index contributed by atoms with van der Waals surface area (Å²) >= 11 is 0. The van der Waals surface area contributed by atoms with Gasteiger partial charge in [0.1, 0.15) is 0 Å². The van der Waals surface area contributed by atoms with Crippen LogP contribution >= 0.6 is 0 Å². The van der Waals surface area contributed by atoms with Gasteiger partial charge in [-0.2, -0.15) is 0 Å². The SMILES string of the molecule is C=CCNC1CCC2CCCCC2C1. The molecule has 0 aromatic heterocycles. The van der Waals surface area contributed by atoms with Crippen LogP contribution < -0.4 is 5.32 Å². The number of nitrogens with one attached hydrogen (secondary N) is 1. The van der Waals surface area contributed by atoms with Gasteiger partial charge in [0, 0.05) is 12.6 Å². The van der Waals surface area contributed by atoms with Gasteiger partial charge in [0.05, 0.1) is 0 Å². The lowest BCUT2D eigenvalue weighted by atomic mass is 9.69. The first kappa shape index (κ1) is 10.2. The van der Waals surface area contributed by atoms with Gasteiger partial charge in [0.25, 0.3) is 0 Å². The van der Waals surface area contributed by atoms with Crippen LogP contribution in [0.5, 0.6) is 0 Å². The van der Waals surface area contributed by atoms with E-state index < -0.39 is 0 Å². The number of fused-ring (bicyclic) bond motifs is 1. The normalized spacial score (nSPS) is 37.6. The van der Waals surface area contributed by atoms with Crippen LogP contribution in [0.3, 0.4) is 0 Å². The van der Waals surface area contributed by atoms with Crippen molar-refractivity contribution in [3.63, 3.8) is 0 Å². The summed E-state index contributed by atoms with van der Waals surface area (Å²) in [5, 5.41) is 3.59. The topological polar surface area (TPSA) is 12.0 Å². The van der Waals surface area contributed by atoms with Crippen molar-refractivity contribution in [3.05, 3.63) is 12.7 Å². The molecule has 1 heteroatoms. The predicted molar refractivity (Wildman–Crippen MR) is 61.3 cm³/mol. The van der Waals surface area contributed by atoms with Gasteiger partial charge in [0.2, 0.25) is 0 Å². The molecule has 2 aliphatic carbocycles. The third kappa shape index (κ3) is 2.38. The number of rotatable bonds is 3. The Kier molecular flexibility index (Phi) is 3.63. The quantitative estimate of drug-likeness (QED) is 0.679. The van der Waals surface area contributed by atoms with Crippen LogP contribution in [0.4, 0.5) is 0 Å². The van der Waals surface area contributed by atoms with Gasteiger partial charge in [0.15, 0.2) is 0 Å². The second-order valence-electron chi connectivity index (χ2n) is 5.01. The van der Waals surface area contributed by atoms with E-state index in [0.29, 0.717) is 0 Å². The highest BCUT2D eigenvalue weighted by Gasteiger charge is 2.31. The van der Waals surface area contributed by atoms with Crippen molar-refractivity contribution >= 4 is 0 Å². The Morgan fingerprint density at radius 3 is 2.64 bits per heavy atom. The molecule has 1 nitrogen and oxygen atoms in total. The second kappa shape index (κ2) is 4.97. The molecule has 0 aromatic carbocycles. The third-order valence-electron chi connectivity index (χ3n) is 4.09. The Hall–Kier alpha value is -0.300. The molecule has 2 rings (SSSR count). The Morgan fingerprint density at radius 1 is 1.07 bits per heavy atom. The lowest BCUT2D eigenvalue weighted by molar-refractivity contribution is 0.145. The molecule has 80 valence electrons. The van der Waals surface area contributed by atoms with Gasteiger partial charge in [-0.3, -0.25) is 0 Å². The van der Waals surface area contributed by atoms with E-state index in [1.54, 1.807) is 0 Å². The van der Waals surface area contributed by atoms with E-state index in [9.17, 15) is 0 Å². The first-order valence-corrected chi connectivity index (χ1v) is 6.24. The molecule has 0 heterocycles. The Balaban J connectivity index is 1.80. The molecule has 0 spiro atoms. The van der Waals surface area contributed by atoms with Crippen molar-refractivity contribution in [3.8, 4) is 0 Å². The zero-order valence-corrected chi connectivity index (χ0v) is 9.17. The summed E-state index contributed by atoms with van der Waals surface area (Å²) in [7, 11) is 0. The minimum Gasteiger partial charge on any atom is -0.311 e. The van der Waals surface area contributed by atoms with Crippen LogP contribution in [0.1, 0.15) is 44.9 Å². The van der Waals surface area contributed by atoms with E-state index in [2.05, 4.69) is 11.9 Å². The molecule has 0 bridgehead atoms. The van der Waals surface area contributed by atoms with E-state index in [1.807, 2.05) is 6.08 Å². The van der Waals surface area contributed by atoms with Crippen molar-refractivity contribution < 1.29 is 0 Å². The average molecular weight is 193 g/mol. The smallest absolute Gasteiger partial charge is 0.0134 e. The van der Waals surface area contributed by atoms with Crippen LogP contribution in [0.25, 0.3) is 0 Å². The molecule has 0 radical (unpaired) electrons. The lowest BCUT2D eigenvalue weighted by Crippen LogP contribution is -2.38. The van der Waals surface area contributed by atoms with Crippen LogP contribution in [-0.2, 0) is 0 Å². The van der Waals surface area contributed by atoms with E-state index in [4.69, 9.17) is 0 Å². The Labute approximate surface area is 88.0 Å². The molecule has 3 unspecified atom stereocenters. The maximum absolute atomic E-state index is 3.76. The Bertz CT molecular complexity index is 188. The third-order valence-corrected chi connectivity index (χ3v) is 4.09. The molecule has 14 heavy (non-hydrogen) atoms. The Morgan fingerprint density at radius 2 is 1.86 bits per heavy atom. The first-order chi connectivity index (χ1) is 6.90. The van der Waals surface area contributed by atoms with E-state index in [-0.39, 0.29) is 0 Å². The maximum Gasteiger partial charge on any atom is 0.0134 e. The summed E-state index contributed by atoms with van der Waals surface area (Å²) in [5.41, 5.74) is 0. The minimum atomic E-state index is 0.785. The van der Waals surface area contributed by atoms with Gasteiger partial charge in [-0.1, -0.05) is 31.8 Å². The van der Waals surface area contributed by atoms with Crippen LogP contribution in [0, 0.1) is 11.8 Å². The molecule has 0 saturated heterocycles. The van der Waals surface area contributed by atoms with E-state index in [0.717, 1.165) is 24.4 Å². The minimum absolute atomic E-state index is 0.785. The van der Waals surface area contributed by atoms with E-state index in [1.165, 1.54) is 44.9 Å². The summed E-state index contributed by atoms with van der Waals surface area (Å²) in [5.74, 6) is 2.12. The van der Waals surface area contributed by atoms with Gasteiger partial charge >= 0.3 is 0 Å². The highest BCUT2D eigenvalue weighted by Crippen LogP contribution is 2.40. The van der Waals surface area contributed by atoms with Crippen LogP contribution in [0.2, 0.25) is 0 Å². The zero-order chi connectivity index (χ0) is 9.80. The second-order valence-corrected chi connectivity index (χ2v) is 5.01. The lowest BCUT2D eigenvalue weighted by Gasteiger charge is -2.39. The molecule has 0 aromatic rings. The number of hydrogen-bond acceptors (Lipinski definition) is 1. The largest absolute Gasteiger partial charge is 0.311 e. The first-order valence-electron chi connectivity index (χ1n) is 6.24. The van der Waals surface area contributed by atoms with Gasteiger partial charge in [-0.25, -0.2) is 0 Å². The molecule has 2 saturated carbocycles. The van der Waals surface area contributed by atoms with Crippen molar-refractivity contribution in [2.45, 2.75) is 51.0 Å². The summed E-state index contributed by atoms with van der Waals surface area (Å²) in [6.45, 7) is 4.75. The average Bonchev–Trinajstić information content (AvgIpc) is 2.26. The zero-order valence-electron chi connectivity index (χ0n) is 9.17. The molecule has 2 fully saturated rings. The van der Waals surface area contributed by atoms with Crippen molar-refractivity contribution in [1.82, 2.24) is 5.32 Å². The van der Waals surface area contributed by atoms with E-state index >= 15 is 0 Å². The van der Waals surface area contributed by atoms with Crippen LogP contribution in [0.15, 0.2) is 12.7 Å². The van der Waals surface area contributed by atoms with Gasteiger partial charge < -0.3 is 5.32 Å². The van der Waals surface area contributed by atoms with Gasteiger partial charge in [-0.05, 0) is 31.1 Å². The fourth-order valence-corrected chi connectivity index (χ4v) is 3.31. The van der Waals surface area contributed by atoms with Crippen molar-refractivity contribution in [1.29, 1.82) is 0 Å². The maximum atomic E-state index is 3.76. The molecule has 1 N–H and O–H groups in total. The highest BCUT2D eigenvalue weighted by atomic mass is 14.9. The summed E-state index contributed by atoms with van der Waals surface area (Å²) in [6.07, 6.45) is 12.3. The molecular weight excluding hydrogens is 170 g/mol. The molecule has 0 amide bonds. The summed E-state index contributed by atoms with van der Waals surface area (Å²) < 4.78 is 0. The molecule has 3 atom stereocenters. The summed E-state index contributed by atoms with van der Waals surface area (Å²) in [4.78, 5) is 0. The fraction of sp³-hybridized carbons (Fsp3) is 0.846. The molecule has 0 aliphatic heterocycles.